The molecule has 0 aromatic carbocycles. The van der Waals surface area contributed by atoms with Crippen molar-refractivity contribution in [1.82, 2.24) is 19.4 Å². The molecule has 10 heteroatoms. The Balaban J connectivity index is 1.76. The van der Waals surface area contributed by atoms with Gasteiger partial charge < -0.3 is 29.1 Å². The maximum absolute atomic E-state index is 13.0. The van der Waals surface area contributed by atoms with Gasteiger partial charge in [-0.05, 0) is 47.5 Å². The lowest BCUT2D eigenvalue weighted by atomic mass is 10.1. The number of piperazine rings is 1. The Morgan fingerprint density at radius 2 is 1.79 bits per heavy atom. The van der Waals surface area contributed by atoms with Crippen LogP contribution in [-0.2, 0) is 14.3 Å². The second-order valence-electron chi connectivity index (χ2n) is 10.4. The number of hydrogen-bond acceptors (Lipinski definition) is 8. The van der Waals surface area contributed by atoms with Gasteiger partial charge in [-0.3, -0.25) is 4.79 Å². The van der Waals surface area contributed by atoms with E-state index in [1.54, 1.807) is 11.5 Å². The Hall–Kier alpha value is -3.04. The molecule has 2 fully saturated rings. The molecule has 0 unspecified atom stereocenters. The Bertz CT molecular complexity index is 1080. The first-order valence-electron chi connectivity index (χ1n) is 12.1. The highest BCUT2D eigenvalue weighted by Crippen LogP contribution is 2.38. The minimum Gasteiger partial charge on any atom is -0.493 e. The van der Waals surface area contributed by atoms with E-state index in [1.165, 1.54) is 0 Å². The van der Waals surface area contributed by atoms with Crippen LogP contribution >= 0.6 is 0 Å². The van der Waals surface area contributed by atoms with Gasteiger partial charge in [0.2, 0.25) is 17.7 Å². The van der Waals surface area contributed by atoms with Crippen LogP contribution in [0.1, 0.15) is 60.4 Å². The van der Waals surface area contributed by atoms with Crippen molar-refractivity contribution in [2.45, 2.75) is 72.1 Å². The van der Waals surface area contributed by atoms with Gasteiger partial charge in [-0.2, -0.15) is 4.98 Å². The molecule has 4 rings (SSSR count). The Kier molecular flexibility index (Phi) is 6.35. The van der Waals surface area contributed by atoms with Crippen molar-refractivity contribution in [1.29, 1.82) is 0 Å². The zero-order valence-corrected chi connectivity index (χ0v) is 21.0. The summed E-state index contributed by atoms with van der Waals surface area (Å²) in [6.45, 7) is 14.2. The van der Waals surface area contributed by atoms with Crippen LogP contribution in [0.2, 0.25) is 0 Å². The molecule has 2 aliphatic heterocycles. The number of anilines is 2. The monoisotopic (exact) mass is 472 g/mol. The normalized spacial score (nSPS) is 19.4. The van der Waals surface area contributed by atoms with Crippen molar-refractivity contribution >= 4 is 34.5 Å². The van der Waals surface area contributed by atoms with E-state index >= 15 is 0 Å². The third-order valence-corrected chi connectivity index (χ3v) is 6.41. The third kappa shape index (κ3) is 4.63. The molecule has 186 valence electrons. The molecule has 1 N–H and O–H groups in total. The average Bonchev–Trinajstić information content (AvgIpc) is 3.37. The van der Waals surface area contributed by atoms with Gasteiger partial charge in [0.05, 0.1) is 5.39 Å². The summed E-state index contributed by atoms with van der Waals surface area (Å²) in [7, 11) is 0. The quantitative estimate of drug-likeness (QED) is 0.678. The van der Waals surface area contributed by atoms with Gasteiger partial charge in [0, 0.05) is 51.9 Å². The summed E-state index contributed by atoms with van der Waals surface area (Å²) in [6.07, 6.45) is 3.40. The lowest BCUT2D eigenvalue weighted by Crippen LogP contribution is -2.48. The number of ether oxygens (including phenoxy) is 1. The van der Waals surface area contributed by atoms with E-state index in [0.717, 1.165) is 6.42 Å². The van der Waals surface area contributed by atoms with Crippen molar-refractivity contribution in [3.63, 3.8) is 0 Å². The van der Waals surface area contributed by atoms with Gasteiger partial charge >= 0.3 is 5.97 Å². The van der Waals surface area contributed by atoms with Gasteiger partial charge in [-0.1, -0.05) is 0 Å². The largest absolute Gasteiger partial charge is 0.493 e. The van der Waals surface area contributed by atoms with Crippen LogP contribution in [0.4, 0.5) is 11.8 Å². The summed E-state index contributed by atoms with van der Waals surface area (Å²) in [6, 6.07) is -0.408. The maximum Gasteiger partial charge on any atom is 0.329 e. The smallest absolute Gasteiger partial charge is 0.329 e. The number of amides is 1. The number of carbonyl (C=O) groups excluding carboxylic acids is 2. The van der Waals surface area contributed by atoms with E-state index in [-0.39, 0.29) is 23.8 Å². The number of hydrogen-bond donors (Lipinski definition) is 1. The summed E-state index contributed by atoms with van der Waals surface area (Å²) in [5.41, 5.74) is -0.106. The SMILES string of the molecule is CC(=O)N1CCN(c2nc(N3CCC[C@@H]3C(=O)OC(C)(C)C)c3cn(C(C)C)c(O)c3n2)CC1. The highest BCUT2D eigenvalue weighted by molar-refractivity contribution is 5.96. The van der Waals surface area contributed by atoms with Crippen molar-refractivity contribution in [3.8, 4) is 5.88 Å². The predicted octanol–water partition coefficient (Wildman–Crippen LogP) is 2.70. The molecule has 1 atom stereocenters. The molecule has 34 heavy (non-hydrogen) atoms. The Morgan fingerprint density at radius 1 is 1.12 bits per heavy atom. The fraction of sp³-hybridized carbons (Fsp3) is 0.667. The van der Waals surface area contributed by atoms with Gasteiger partial charge in [0.25, 0.3) is 0 Å². The zero-order valence-electron chi connectivity index (χ0n) is 21.0. The highest BCUT2D eigenvalue weighted by atomic mass is 16.6. The lowest BCUT2D eigenvalue weighted by molar-refractivity contribution is -0.156. The van der Waals surface area contributed by atoms with Crippen LogP contribution in [0, 0.1) is 0 Å². The molecule has 0 saturated carbocycles. The number of rotatable bonds is 4. The molecule has 2 aromatic rings. The number of aromatic nitrogens is 3. The fourth-order valence-electron chi connectivity index (χ4n) is 4.67. The first kappa shape index (κ1) is 24.1. The van der Waals surface area contributed by atoms with Crippen molar-refractivity contribution in [2.75, 3.05) is 42.5 Å². The number of carbonyl (C=O) groups is 2. The van der Waals surface area contributed by atoms with Crippen LogP contribution in [0.3, 0.4) is 0 Å². The van der Waals surface area contributed by atoms with E-state index in [0.29, 0.717) is 61.8 Å². The van der Waals surface area contributed by atoms with E-state index in [1.807, 2.05) is 55.5 Å². The number of nitrogens with zero attached hydrogens (tertiary/aromatic N) is 6. The number of aromatic hydroxyl groups is 1. The molecule has 4 heterocycles. The van der Waals surface area contributed by atoms with Crippen LogP contribution in [0.25, 0.3) is 10.9 Å². The molecule has 0 radical (unpaired) electrons. The van der Waals surface area contributed by atoms with Crippen molar-refractivity contribution in [2.24, 2.45) is 0 Å². The summed E-state index contributed by atoms with van der Waals surface area (Å²) in [5.74, 6) is 1.02. The molecular formula is C24H36N6O4. The first-order chi connectivity index (χ1) is 16.0. The van der Waals surface area contributed by atoms with Crippen molar-refractivity contribution < 1.29 is 19.4 Å². The Morgan fingerprint density at radius 3 is 2.38 bits per heavy atom. The summed E-state index contributed by atoms with van der Waals surface area (Å²) < 4.78 is 7.48. The average molecular weight is 473 g/mol. The molecule has 2 aromatic heterocycles. The van der Waals surface area contributed by atoms with Crippen LogP contribution < -0.4 is 9.80 Å². The van der Waals surface area contributed by atoms with E-state index in [4.69, 9.17) is 14.7 Å². The molecule has 1 amide bonds. The van der Waals surface area contributed by atoms with Gasteiger partial charge in [-0.15, -0.1) is 0 Å². The summed E-state index contributed by atoms with van der Waals surface area (Å²) in [4.78, 5) is 40.3. The fourth-order valence-corrected chi connectivity index (χ4v) is 4.67. The van der Waals surface area contributed by atoms with Crippen molar-refractivity contribution in [3.05, 3.63) is 6.20 Å². The van der Waals surface area contributed by atoms with Gasteiger partial charge in [-0.25, -0.2) is 9.78 Å². The van der Waals surface area contributed by atoms with Crippen LogP contribution in [0.5, 0.6) is 5.88 Å². The molecule has 2 saturated heterocycles. The van der Waals surface area contributed by atoms with E-state index in [9.17, 15) is 14.7 Å². The minimum absolute atomic E-state index is 0.0323. The predicted molar refractivity (Wildman–Crippen MR) is 130 cm³/mol. The first-order valence-corrected chi connectivity index (χ1v) is 12.1. The Labute approximate surface area is 200 Å². The molecule has 0 spiro atoms. The summed E-state index contributed by atoms with van der Waals surface area (Å²) >= 11 is 0. The number of esters is 1. The zero-order chi connectivity index (χ0) is 24.8. The van der Waals surface area contributed by atoms with Crippen LogP contribution in [0.15, 0.2) is 6.20 Å². The molecule has 10 nitrogen and oxygen atoms in total. The topological polar surface area (TPSA) is 104 Å². The van der Waals surface area contributed by atoms with Gasteiger partial charge in [0.1, 0.15) is 23.0 Å². The van der Waals surface area contributed by atoms with E-state index < -0.39 is 11.6 Å². The lowest BCUT2D eigenvalue weighted by Gasteiger charge is -2.35. The number of fused-ring (bicyclic) bond motifs is 1. The van der Waals surface area contributed by atoms with Crippen LogP contribution in [-0.4, -0.2) is 80.8 Å². The molecule has 0 bridgehead atoms. The van der Waals surface area contributed by atoms with E-state index in [2.05, 4.69) is 0 Å². The summed E-state index contributed by atoms with van der Waals surface area (Å²) in [5, 5.41) is 11.7. The second-order valence-corrected chi connectivity index (χ2v) is 10.4. The minimum atomic E-state index is -0.576. The second kappa shape index (κ2) is 8.96. The molecule has 0 aliphatic carbocycles. The molecular weight excluding hydrogens is 436 g/mol. The molecule has 2 aliphatic rings. The maximum atomic E-state index is 13.0. The highest BCUT2D eigenvalue weighted by Gasteiger charge is 2.37. The van der Waals surface area contributed by atoms with Gasteiger partial charge in [0.15, 0.2) is 0 Å². The third-order valence-electron chi connectivity index (χ3n) is 6.41. The standard InChI is InChI=1S/C24H36N6O4/c1-15(2)30-14-17-19(21(30)32)25-23(28-12-10-27(11-13-28)16(3)31)26-20(17)29-9-7-8-18(29)22(33)34-24(4,5)6/h14-15,18,32H,7-13H2,1-6H3/t18-/m1/s1.